The molecule has 1 N–H and O–H groups in total. The Labute approximate surface area is 178 Å². The maximum atomic E-state index is 11.8. The van der Waals surface area contributed by atoms with Crippen molar-refractivity contribution in [2.24, 2.45) is 0 Å². The molecule has 0 fully saturated rings. The van der Waals surface area contributed by atoms with E-state index in [9.17, 15) is 9.90 Å². The molecule has 0 saturated heterocycles. The highest BCUT2D eigenvalue weighted by Gasteiger charge is 2.29. The third kappa shape index (κ3) is 3.23. The van der Waals surface area contributed by atoms with Crippen molar-refractivity contribution >= 4 is 45.1 Å². The van der Waals surface area contributed by atoms with Gasteiger partial charge in [0, 0.05) is 33.7 Å². The Morgan fingerprint density at radius 1 is 1.25 bits per heavy atom. The summed E-state index contributed by atoms with van der Waals surface area (Å²) in [5.74, 6) is 0.0710. The van der Waals surface area contributed by atoms with E-state index in [2.05, 4.69) is 21.0 Å². The molecule has 0 bridgehead atoms. The van der Waals surface area contributed by atoms with Crippen LogP contribution in [-0.4, -0.2) is 34.6 Å². The number of rotatable bonds is 3. The van der Waals surface area contributed by atoms with Crippen molar-refractivity contribution in [3.63, 3.8) is 0 Å². The van der Waals surface area contributed by atoms with Crippen LogP contribution in [-0.2, 0) is 6.42 Å². The average Bonchev–Trinajstić information content (AvgIpc) is 2.92. The summed E-state index contributed by atoms with van der Waals surface area (Å²) in [7, 11) is 1.56. The minimum atomic E-state index is -1.11. The highest BCUT2D eigenvalue weighted by molar-refractivity contribution is 9.10. The maximum Gasteiger partial charge on any atom is 0.356 e. The zero-order chi connectivity index (χ0) is 20.0. The Balaban J connectivity index is 2.06. The number of ether oxygens (including phenoxy) is 2. The lowest BCUT2D eigenvalue weighted by atomic mass is 10.0. The zero-order valence-electron chi connectivity index (χ0n) is 14.5. The summed E-state index contributed by atoms with van der Waals surface area (Å²) < 4.78 is 13.5. The molecule has 9 heteroatoms. The first-order valence-corrected chi connectivity index (χ1v) is 9.76. The first-order valence-electron chi connectivity index (χ1n) is 8.21. The van der Waals surface area contributed by atoms with E-state index < -0.39 is 5.97 Å². The van der Waals surface area contributed by atoms with E-state index in [1.165, 1.54) is 0 Å². The molecule has 1 aromatic heterocycles. The number of hydrogen-bond acceptors (Lipinski definition) is 4. The first-order chi connectivity index (χ1) is 13.4. The largest absolute Gasteiger partial charge is 0.495 e. The van der Waals surface area contributed by atoms with Gasteiger partial charge in [0.05, 0.1) is 29.6 Å². The van der Waals surface area contributed by atoms with E-state index in [-0.39, 0.29) is 5.69 Å². The second-order valence-corrected chi connectivity index (χ2v) is 7.83. The van der Waals surface area contributed by atoms with E-state index in [1.807, 2.05) is 6.07 Å². The molecule has 3 aromatic rings. The molecule has 1 aliphatic heterocycles. The Morgan fingerprint density at radius 3 is 2.61 bits per heavy atom. The normalized spacial score (nSPS) is 12.6. The van der Waals surface area contributed by atoms with Gasteiger partial charge in [0.25, 0.3) is 0 Å². The Kier molecular flexibility index (Phi) is 4.99. The lowest BCUT2D eigenvalue weighted by Crippen LogP contribution is -2.06. The van der Waals surface area contributed by atoms with Gasteiger partial charge in [-0.25, -0.2) is 9.48 Å². The number of aromatic carboxylic acids is 1. The highest BCUT2D eigenvalue weighted by atomic mass is 79.9. The molecule has 2 heterocycles. The minimum absolute atomic E-state index is 0.0329. The quantitative estimate of drug-likeness (QED) is 0.550. The zero-order valence-corrected chi connectivity index (χ0v) is 17.6. The number of hydrogen-bond donors (Lipinski definition) is 1. The molecule has 28 heavy (non-hydrogen) atoms. The van der Waals surface area contributed by atoms with Crippen LogP contribution in [0.15, 0.2) is 34.8 Å². The van der Waals surface area contributed by atoms with Gasteiger partial charge < -0.3 is 14.6 Å². The Hall–Kier alpha value is -2.22. The molecule has 4 rings (SSSR count). The van der Waals surface area contributed by atoms with E-state index >= 15 is 0 Å². The number of methoxy groups -OCH3 is 1. The molecule has 0 spiro atoms. The van der Waals surface area contributed by atoms with E-state index in [1.54, 1.807) is 36.1 Å². The summed E-state index contributed by atoms with van der Waals surface area (Å²) in [6.45, 7) is 0.313. The number of carbonyl (C=O) groups is 1. The van der Waals surface area contributed by atoms with Crippen LogP contribution in [0, 0.1) is 0 Å². The Morgan fingerprint density at radius 2 is 1.96 bits per heavy atom. The molecule has 0 atom stereocenters. The molecule has 6 nitrogen and oxygen atoms in total. The topological polar surface area (TPSA) is 73.6 Å². The van der Waals surface area contributed by atoms with Crippen LogP contribution in [0.4, 0.5) is 0 Å². The van der Waals surface area contributed by atoms with Gasteiger partial charge in [-0.05, 0) is 40.2 Å². The summed E-state index contributed by atoms with van der Waals surface area (Å²) >= 11 is 15.8. The molecule has 0 unspecified atom stereocenters. The Bertz CT molecular complexity index is 1090. The molecule has 144 valence electrons. The van der Waals surface area contributed by atoms with Crippen LogP contribution in [0.2, 0.25) is 10.0 Å². The summed E-state index contributed by atoms with van der Waals surface area (Å²) in [6.07, 6.45) is 0.389. The van der Waals surface area contributed by atoms with Gasteiger partial charge in [0.15, 0.2) is 5.69 Å². The van der Waals surface area contributed by atoms with E-state index in [4.69, 9.17) is 32.7 Å². The molecule has 0 aliphatic carbocycles. The van der Waals surface area contributed by atoms with Crippen molar-refractivity contribution in [2.75, 3.05) is 13.7 Å². The molecular formula is C19H13BrCl2N2O4. The third-order valence-electron chi connectivity index (χ3n) is 4.40. The first kappa shape index (κ1) is 19.1. The van der Waals surface area contributed by atoms with Crippen LogP contribution in [0.5, 0.6) is 11.5 Å². The lowest BCUT2D eigenvalue weighted by Gasteiger charge is -2.14. The van der Waals surface area contributed by atoms with E-state index in [0.717, 1.165) is 0 Å². The van der Waals surface area contributed by atoms with Crippen molar-refractivity contribution in [2.45, 2.75) is 6.42 Å². The number of halogens is 3. The van der Waals surface area contributed by atoms with Gasteiger partial charge in [0.1, 0.15) is 11.5 Å². The lowest BCUT2D eigenvalue weighted by molar-refractivity contribution is 0.0688. The number of fused-ring (bicyclic) bond motifs is 3. The number of aromatic nitrogens is 2. The van der Waals surface area contributed by atoms with Crippen LogP contribution >= 0.6 is 39.1 Å². The maximum absolute atomic E-state index is 11.8. The van der Waals surface area contributed by atoms with Gasteiger partial charge in [-0.1, -0.05) is 23.2 Å². The molecule has 2 aromatic carbocycles. The van der Waals surface area contributed by atoms with Crippen molar-refractivity contribution in [3.05, 3.63) is 56.1 Å². The molecule has 0 amide bonds. The second-order valence-electron chi connectivity index (χ2n) is 6.10. The van der Waals surface area contributed by atoms with Crippen LogP contribution in [0.1, 0.15) is 16.1 Å². The summed E-state index contributed by atoms with van der Waals surface area (Å²) in [5, 5.41) is 14.9. The fourth-order valence-corrected chi connectivity index (χ4v) is 4.26. The minimum Gasteiger partial charge on any atom is -0.495 e. The standard InChI is InChI=1S/C19H13BrCl2N2O4/c1-27-16-8-15-13(7-14(16)20)18-12(2-3-28-15)17(19(25)26)23-24(18)11-5-9(21)4-10(22)6-11/h4-8H,2-3H2,1H3,(H,25,26). The summed E-state index contributed by atoms with van der Waals surface area (Å²) in [5.41, 5.74) is 2.41. The molecule has 0 saturated carbocycles. The average molecular weight is 484 g/mol. The molecule has 0 radical (unpaired) electrons. The van der Waals surface area contributed by atoms with E-state index in [0.29, 0.717) is 61.6 Å². The van der Waals surface area contributed by atoms with Crippen LogP contribution < -0.4 is 9.47 Å². The van der Waals surface area contributed by atoms with Gasteiger partial charge >= 0.3 is 5.97 Å². The van der Waals surface area contributed by atoms with Gasteiger partial charge in [-0.3, -0.25) is 0 Å². The fraction of sp³-hybridized carbons (Fsp3) is 0.158. The van der Waals surface area contributed by atoms with Crippen LogP contribution in [0.3, 0.4) is 0 Å². The number of nitrogens with zero attached hydrogens (tertiary/aromatic N) is 2. The third-order valence-corrected chi connectivity index (χ3v) is 5.45. The van der Waals surface area contributed by atoms with Gasteiger partial charge in [-0.15, -0.1) is 0 Å². The number of carboxylic acid groups (broad SMARTS) is 1. The summed E-state index contributed by atoms with van der Waals surface area (Å²) in [6, 6.07) is 8.55. The van der Waals surface area contributed by atoms with Crippen LogP contribution in [0.25, 0.3) is 16.9 Å². The van der Waals surface area contributed by atoms with Crippen molar-refractivity contribution in [3.8, 4) is 28.4 Å². The SMILES string of the molecule is COc1cc2c(cc1Br)-c1c(c(C(=O)O)nn1-c1cc(Cl)cc(Cl)c1)CCO2. The monoisotopic (exact) mass is 482 g/mol. The predicted molar refractivity (Wildman–Crippen MR) is 109 cm³/mol. The van der Waals surface area contributed by atoms with Gasteiger partial charge in [-0.2, -0.15) is 5.10 Å². The van der Waals surface area contributed by atoms with Crippen molar-refractivity contribution < 1.29 is 19.4 Å². The molecular weight excluding hydrogens is 471 g/mol. The number of carboxylic acids is 1. The molecule has 1 aliphatic rings. The fourth-order valence-electron chi connectivity index (χ4n) is 3.24. The predicted octanol–water partition coefficient (Wildman–Crippen LogP) is 5.25. The summed E-state index contributed by atoms with van der Waals surface area (Å²) in [4.78, 5) is 11.8. The highest BCUT2D eigenvalue weighted by Crippen LogP contribution is 2.43. The van der Waals surface area contributed by atoms with Crippen molar-refractivity contribution in [1.82, 2.24) is 9.78 Å². The number of benzene rings is 2. The van der Waals surface area contributed by atoms with Gasteiger partial charge in [0.2, 0.25) is 0 Å². The smallest absolute Gasteiger partial charge is 0.356 e. The second kappa shape index (κ2) is 7.31. The van der Waals surface area contributed by atoms with Crippen molar-refractivity contribution in [1.29, 1.82) is 0 Å².